The summed E-state index contributed by atoms with van der Waals surface area (Å²) in [5.74, 6) is 0.135. The maximum Gasteiger partial charge on any atom is 0.253 e. The molecule has 1 aliphatic heterocycles. The summed E-state index contributed by atoms with van der Waals surface area (Å²) in [4.78, 5) is 16.4. The van der Waals surface area contributed by atoms with E-state index in [2.05, 4.69) is 34.9 Å². The zero-order valence-electron chi connectivity index (χ0n) is 10.2. The summed E-state index contributed by atoms with van der Waals surface area (Å²) in [6, 6.07) is 8.08. The summed E-state index contributed by atoms with van der Waals surface area (Å²) < 4.78 is 0.951. The molecule has 1 amide bonds. The Hall–Kier alpha value is -0.870. The third-order valence-corrected chi connectivity index (χ3v) is 3.75. The quantitative estimate of drug-likeness (QED) is 0.836. The third kappa shape index (κ3) is 2.87. The molecule has 92 valence electrons. The van der Waals surface area contributed by atoms with Crippen LogP contribution in [0.2, 0.25) is 0 Å². The first kappa shape index (κ1) is 12.6. The number of halogens is 1. The molecule has 1 aliphatic rings. The zero-order chi connectivity index (χ0) is 12.4. The Labute approximate surface area is 111 Å². The van der Waals surface area contributed by atoms with Crippen LogP contribution in [0, 0.1) is 0 Å². The molecule has 0 saturated carbocycles. The Bertz CT molecular complexity index is 420. The van der Waals surface area contributed by atoms with E-state index < -0.39 is 0 Å². The molecule has 3 nitrogen and oxygen atoms in total. The van der Waals surface area contributed by atoms with Gasteiger partial charge in [0.1, 0.15) is 0 Å². The lowest BCUT2D eigenvalue weighted by Crippen LogP contribution is -2.34. The molecule has 1 aromatic rings. The van der Waals surface area contributed by atoms with E-state index in [0.29, 0.717) is 6.04 Å². The van der Waals surface area contributed by atoms with Gasteiger partial charge in [0.05, 0.1) is 0 Å². The van der Waals surface area contributed by atoms with Gasteiger partial charge in [-0.1, -0.05) is 22.0 Å². The number of carbonyl (C=O) groups excluding carboxylic acids is 1. The van der Waals surface area contributed by atoms with Crippen molar-refractivity contribution in [2.24, 2.45) is 0 Å². The predicted octanol–water partition coefficient (Wildman–Crippen LogP) is 2.23. The number of rotatable bonds is 2. The minimum absolute atomic E-state index is 0.135. The topological polar surface area (TPSA) is 23.6 Å². The first-order valence-corrected chi connectivity index (χ1v) is 6.58. The normalized spacial score (nSPS) is 20.0. The summed E-state index contributed by atoms with van der Waals surface area (Å²) in [5.41, 5.74) is 0.763. The fraction of sp³-hybridized carbons (Fsp3) is 0.462. The van der Waals surface area contributed by atoms with Crippen LogP contribution in [0.1, 0.15) is 16.8 Å². The second kappa shape index (κ2) is 5.19. The van der Waals surface area contributed by atoms with Gasteiger partial charge in [-0.2, -0.15) is 0 Å². The van der Waals surface area contributed by atoms with Crippen LogP contribution in [0.3, 0.4) is 0 Å². The van der Waals surface area contributed by atoms with E-state index in [4.69, 9.17) is 0 Å². The van der Waals surface area contributed by atoms with E-state index in [9.17, 15) is 4.79 Å². The summed E-state index contributed by atoms with van der Waals surface area (Å²) in [6.07, 6.45) is 1.06. The lowest BCUT2D eigenvalue weighted by molar-refractivity contribution is 0.0783. The third-order valence-electron chi connectivity index (χ3n) is 3.25. The lowest BCUT2D eigenvalue weighted by Gasteiger charge is -2.20. The van der Waals surface area contributed by atoms with Gasteiger partial charge in [-0.05, 0) is 38.7 Å². The first-order chi connectivity index (χ1) is 8.08. The Morgan fingerprint density at radius 1 is 1.47 bits per heavy atom. The Kier molecular flexibility index (Phi) is 3.84. The smallest absolute Gasteiger partial charge is 0.253 e. The van der Waals surface area contributed by atoms with Crippen LogP contribution in [0.5, 0.6) is 0 Å². The van der Waals surface area contributed by atoms with Crippen LogP contribution < -0.4 is 0 Å². The first-order valence-electron chi connectivity index (χ1n) is 5.79. The van der Waals surface area contributed by atoms with Crippen molar-refractivity contribution >= 4 is 21.8 Å². The van der Waals surface area contributed by atoms with E-state index in [1.165, 1.54) is 0 Å². The van der Waals surface area contributed by atoms with Crippen molar-refractivity contribution in [1.29, 1.82) is 0 Å². The van der Waals surface area contributed by atoms with Crippen molar-refractivity contribution in [1.82, 2.24) is 9.80 Å². The number of hydrogen-bond donors (Lipinski definition) is 0. The largest absolute Gasteiger partial charge is 0.337 e. The molecule has 1 saturated heterocycles. The number of benzene rings is 1. The molecular formula is C13H17BrN2O. The molecule has 0 aromatic heterocycles. The highest BCUT2D eigenvalue weighted by molar-refractivity contribution is 9.10. The molecule has 4 heteroatoms. The van der Waals surface area contributed by atoms with E-state index in [1.807, 2.05) is 29.2 Å². The van der Waals surface area contributed by atoms with Crippen LogP contribution in [0.25, 0.3) is 0 Å². The second-order valence-electron chi connectivity index (χ2n) is 4.67. The van der Waals surface area contributed by atoms with Crippen LogP contribution >= 0.6 is 15.9 Å². The maximum atomic E-state index is 12.3. The molecule has 17 heavy (non-hydrogen) atoms. The molecule has 0 aliphatic carbocycles. The fourth-order valence-corrected chi connectivity index (χ4v) is 2.55. The molecule has 1 fully saturated rings. The standard InChI is InChI=1S/C13H17BrN2O/c1-15(2)12-6-7-16(9-12)13(17)10-4-3-5-11(14)8-10/h3-5,8,12H,6-7,9H2,1-2H3. The van der Waals surface area contributed by atoms with Gasteiger partial charge in [0.2, 0.25) is 0 Å². The number of likely N-dealkylation sites (tertiary alicyclic amines) is 1. The van der Waals surface area contributed by atoms with E-state index in [1.54, 1.807) is 0 Å². The van der Waals surface area contributed by atoms with E-state index in [0.717, 1.165) is 29.5 Å². The minimum atomic E-state index is 0.135. The van der Waals surface area contributed by atoms with Gasteiger partial charge < -0.3 is 9.80 Å². The molecule has 0 N–H and O–H groups in total. The maximum absolute atomic E-state index is 12.3. The SMILES string of the molecule is CN(C)C1CCN(C(=O)c2cccc(Br)c2)C1. The van der Waals surface area contributed by atoms with Gasteiger partial charge >= 0.3 is 0 Å². The molecule has 1 heterocycles. The van der Waals surface area contributed by atoms with Crippen molar-refractivity contribution in [2.45, 2.75) is 12.5 Å². The monoisotopic (exact) mass is 296 g/mol. The van der Waals surface area contributed by atoms with Gasteiger partial charge in [-0.3, -0.25) is 4.79 Å². The van der Waals surface area contributed by atoms with Gasteiger partial charge in [-0.25, -0.2) is 0 Å². The molecule has 0 radical (unpaired) electrons. The summed E-state index contributed by atoms with van der Waals surface area (Å²) >= 11 is 3.40. The number of likely N-dealkylation sites (N-methyl/N-ethyl adjacent to an activating group) is 1. The van der Waals surface area contributed by atoms with Crippen molar-refractivity contribution in [3.63, 3.8) is 0 Å². The number of nitrogens with zero attached hydrogens (tertiary/aromatic N) is 2. The van der Waals surface area contributed by atoms with Crippen molar-refractivity contribution in [2.75, 3.05) is 27.2 Å². The average Bonchev–Trinajstić information content (AvgIpc) is 2.77. The number of amides is 1. The van der Waals surface area contributed by atoms with Crippen LogP contribution in [0.4, 0.5) is 0 Å². The summed E-state index contributed by atoms with van der Waals surface area (Å²) in [6.45, 7) is 1.69. The Morgan fingerprint density at radius 2 is 2.24 bits per heavy atom. The number of hydrogen-bond acceptors (Lipinski definition) is 2. The van der Waals surface area contributed by atoms with E-state index >= 15 is 0 Å². The van der Waals surface area contributed by atoms with Gasteiger partial charge in [0.15, 0.2) is 0 Å². The molecule has 0 spiro atoms. The molecule has 1 atom stereocenters. The number of carbonyl (C=O) groups is 1. The molecule has 2 rings (SSSR count). The Morgan fingerprint density at radius 3 is 2.82 bits per heavy atom. The van der Waals surface area contributed by atoms with Crippen LogP contribution in [-0.4, -0.2) is 48.9 Å². The molecular weight excluding hydrogens is 280 g/mol. The zero-order valence-corrected chi connectivity index (χ0v) is 11.8. The van der Waals surface area contributed by atoms with Crippen molar-refractivity contribution in [3.8, 4) is 0 Å². The summed E-state index contributed by atoms with van der Waals surface area (Å²) in [5, 5.41) is 0. The molecule has 1 aromatic carbocycles. The van der Waals surface area contributed by atoms with Gasteiger partial charge in [-0.15, -0.1) is 0 Å². The molecule has 0 bridgehead atoms. The second-order valence-corrected chi connectivity index (χ2v) is 5.58. The summed E-state index contributed by atoms with van der Waals surface area (Å²) in [7, 11) is 4.13. The van der Waals surface area contributed by atoms with Gasteiger partial charge in [0, 0.05) is 29.2 Å². The van der Waals surface area contributed by atoms with E-state index in [-0.39, 0.29) is 5.91 Å². The van der Waals surface area contributed by atoms with Crippen molar-refractivity contribution in [3.05, 3.63) is 34.3 Å². The van der Waals surface area contributed by atoms with Crippen molar-refractivity contribution < 1.29 is 4.79 Å². The average molecular weight is 297 g/mol. The van der Waals surface area contributed by atoms with Gasteiger partial charge in [0.25, 0.3) is 5.91 Å². The van der Waals surface area contributed by atoms with Crippen LogP contribution in [0.15, 0.2) is 28.7 Å². The lowest BCUT2D eigenvalue weighted by atomic mass is 10.2. The highest BCUT2D eigenvalue weighted by Crippen LogP contribution is 2.18. The molecule has 1 unspecified atom stereocenters. The van der Waals surface area contributed by atoms with Crippen LogP contribution in [-0.2, 0) is 0 Å². The fourth-order valence-electron chi connectivity index (χ4n) is 2.15. The Balaban J connectivity index is 2.07. The highest BCUT2D eigenvalue weighted by Gasteiger charge is 2.27. The minimum Gasteiger partial charge on any atom is -0.337 e. The highest BCUT2D eigenvalue weighted by atomic mass is 79.9. The predicted molar refractivity (Wildman–Crippen MR) is 72.1 cm³/mol.